The molecule has 1 aliphatic heterocycles. The second kappa shape index (κ2) is 7.19. The van der Waals surface area contributed by atoms with Crippen LogP contribution in [-0.4, -0.2) is 25.3 Å². The van der Waals surface area contributed by atoms with Crippen LogP contribution in [0.25, 0.3) is 0 Å². The Labute approximate surface area is 177 Å². The van der Waals surface area contributed by atoms with Crippen LogP contribution in [-0.2, 0) is 14.3 Å². The average Bonchev–Trinajstić information content (AvgIpc) is 3.38. The highest BCUT2D eigenvalue weighted by atomic mass is 16.8. The molecule has 0 N–H and O–H groups in total. The Balaban J connectivity index is 1.30. The molecule has 1 heterocycles. The fourth-order valence-electron chi connectivity index (χ4n) is 8.62. The number of ketones is 1. The zero-order valence-corrected chi connectivity index (χ0v) is 18.9. The maximum Gasteiger partial charge on any atom is 0.184 e. The number of carbonyl (C=O) groups is 1. The molecule has 162 valence electrons. The normalized spacial score (nSPS) is 49.7. The zero-order chi connectivity index (χ0) is 20.4. The minimum atomic E-state index is 0.0656. The molecule has 4 fully saturated rings. The Hall–Kier alpha value is -0.670. The summed E-state index contributed by atoms with van der Waals surface area (Å²) in [6, 6.07) is 0. The van der Waals surface area contributed by atoms with Gasteiger partial charge in [0.05, 0.1) is 0 Å². The van der Waals surface area contributed by atoms with Gasteiger partial charge in [-0.25, -0.2) is 0 Å². The number of ether oxygens (including phenoxy) is 2. The fraction of sp³-hybridized carbons (Fsp3) is 0.885. The maximum absolute atomic E-state index is 12.1. The number of hydrogen-bond acceptors (Lipinski definition) is 3. The Morgan fingerprint density at radius 3 is 2.79 bits per heavy atom. The first-order valence-corrected chi connectivity index (χ1v) is 12.3. The van der Waals surface area contributed by atoms with Gasteiger partial charge >= 0.3 is 0 Å². The standard InChI is InChI=1S/C26H40O3/c1-16(5-10-23-24(28-4)29-23)20-8-9-21-19-7-6-17-15-18(27)11-13-25(17,2)22(19)12-14-26(20,21)3/h6,16,19-24H,5,7-15H2,1-4H3/t16-,19+,20-,21+,22+,23?,24?,25+,26-/m1/s1. The van der Waals surface area contributed by atoms with Crippen LogP contribution in [0.4, 0.5) is 0 Å². The summed E-state index contributed by atoms with van der Waals surface area (Å²) in [4.78, 5) is 12.1. The molecule has 1 saturated heterocycles. The Bertz CT molecular complexity index is 698. The molecule has 4 aliphatic carbocycles. The highest BCUT2D eigenvalue weighted by Gasteiger charge is 2.59. The summed E-state index contributed by atoms with van der Waals surface area (Å²) in [5.41, 5.74) is 2.32. The molecule has 2 unspecified atom stereocenters. The zero-order valence-electron chi connectivity index (χ0n) is 18.9. The van der Waals surface area contributed by atoms with Gasteiger partial charge in [0.25, 0.3) is 0 Å². The Morgan fingerprint density at radius 1 is 1.21 bits per heavy atom. The number of fused-ring (bicyclic) bond motifs is 5. The number of carbonyl (C=O) groups excluding carboxylic acids is 1. The van der Waals surface area contributed by atoms with Gasteiger partial charge in [-0.3, -0.25) is 4.79 Å². The third kappa shape index (κ3) is 3.17. The molecule has 29 heavy (non-hydrogen) atoms. The molecule has 0 radical (unpaired) electrons. The van der Waals surface area contributed by atoms with Crippen molar-refractivity contribution in [3.8, 4) is 0 Å². The lowest BCUT2D eigenvalue weighted by molar-refractivity contribution is -0.122. The van der Waals surface area contributed by atoms with E-state index in [4.69, 9.17) is 9.47 Å². The molecule has 5 aliphatic rings. The van der Waals surface area contributed by atoms with Crippen molar-refractivity contribution in [2.45, 2.75) is 97.4 Å². The SMILES string of the molecule is COC1OC1CC[C@@H](C)[C@H]1CC[C@H]2[C@@H]3CC=C4CC(=O)CC[C@]4(C)[C@H]3CC[C@]12C. The van der Waals surface area contributed by atoms with Crippen LogP contribution in [0.3, 0.4) is 0 Å². The van der Waals surface area contributed by atoms with E-state index in [0.29, 0.717) is 22.7 Å². The van der Waals surface area contributed by atoms with Crippen LogP contribution in [0.5, 0.6) is 0 Å². The number of Topliss-reactive ketones (excluding diaryl/α,β-unsaturated/α-hetero) is 1. The summed E-state index contributed by atoms with van der Waals surface area (Å²) in [6.45, 7) is 7.64. The first kappa shape index (κ1) is 20.2. The van der Waals surface area contributed by atoms with Gasteiger partial charge in [0, 0.05) is 20.0 Å². The van der Waals surface area contributed by atoms with E-state index in [2.05, 4.69) is 26.8 Å². The summed E-state index contributed by atoms with van der Waals surface area (Å²) in [6.07, 6.45) is 14.8. The first-order valence-electron chi connectivity index (χ1n) is 12.3. The van der Waals surface area contributed by atoms with Crippen LogP contribution in [0.1, 0.15) is 85.0 Å². The van der Waals surface area contributed by atoms with Gasteiger partial charge in [-0.05, 0) is 91.8 Å². The van der Waals surface area contributed by atoms with Gasteiger partial charge in [-0.2, -0.15) is 0 Å². The van der Waals surface area contributed by atoms with Crippen molar-refractivity contribution < 1.29 is 14.3 Å². The molecule has 3 heteroatoms. The summed E-state index contributed by atoms with van der Waals surface area (Å²) in [5, 5.41) is 0. The molecule has 0 bridgehead atoms. The van der Waals surface area contributed by atoms with Gasteiger partial charge in [-0.15, -0.1) is 0 Å². The lowest BCUT2D eigenvalue weighted by Gasteiger charge is -2.58. The predicted octanol–water partition coefficient (Wildman–Crippen LogP) is 5.92. The van der Waals surface area contributed by atoms with E-state index in [1.165, 1.54) is 44.1 Å². The predicted molar refractivity (Wildman–Crippen MR) is 114 cm³/mol. The third-order valence-electron chi connectivity index (χ3n) is 10.4. The summed E-state index contributed by atoms with van der Waals surface area (Å²) < 4.78 is 10.9. The molecule has 0 amide bonds. The minimum absolute atomic E-state index is 0.0656. The lowest BCUT2D eigenvalue weighted by atomic mass is 9.47. The van der Waals surface area contributed by atoms with Gasteiger partial charge in [-0.1, -0.05) is 32.4 Å². The first-order chi connectivity index (χ1) is 13.9. The van der Waals surface area contributed by atoms with Crippen molar-refractivity contribution in [2.75, 3.05) is 7.11 Å². The third-order valence-corrected chi connectivity index (χ3v) is 10.4. The van der Waals surface area contributed by atoms with E-state index in [9.17, 15) is 4.79 Å². The molecule has 3 saturated carbocycles. The highest BCUT2D eigenvalue weighted by Crippen LogP contribution is 2.67. The van der Waals surface area contributed by atoms with Gasteiger partial charge < -0.3 is 9.47 Å². The molecule has 3 nitrogen and oxygen atoms in total. The topological polar surface area (TPSA) is 38.8 Å². The summed E-state index contributed by atoms with van der Waals surface area (Å²) in [7, 11) is 1.75. The second-order valence-corrected chi connectivity index (χ2v) is 11.5. The lowest BCUT2D eigenvalue weighted by Crippen LogP contribution is -2.50. The van der Waals surface area contributed by atoms with Gasteiger partial charge in [0.1, 0.15) is 11.9 Å². The van der Waals surface area contributed by atoms with Gasteiger partial charge in [0.15, 0.2) is 6.29 Å². The van der Waals surface area contributed by atoms with Crippen molar-refractivity contribution in [3.63, 3.8) is 0 Å². The summed E-state index contributed by atoms with van der Waals surface area (Å²) in [5.74, 6) is 4.64. The van der Waals surface area contributed by atoms with Crippen LogP contribution in [0.15, 0.2) is 11.6 Å². The molecule has 9 atom stereocenters. The monoisotopic (exact) mass is 400 g/mol. The van der Waals surface area contributed by atoms with Crippen molar-refractivity contribution in [2.24, 2.45) is 40.4 Å². The van der Waals surface area contributed by atoms with E-state index < -0.39 is 0 Å². The number of allylic oxidation sites excluding steroid dienone is 2. The van der Waals surface area contributed by atoms with E-state index in [1.54, 1.807) is 7.11 Å². The van der Waals surface area contributed by atoms with E-state index in [-0.39, 0.29) is 6.29 Å². The molecule has 0 aromatic carbocycles. The van der Waals surface area contributed by atoms with Crippen LogP contribution in [0, 0.1) is 40.4 Å². The Kier molecular flexibility index (Phi) is 5.02. The smallest absolute Gasteiger partial charge is 0.184 e. The van der Waals surface area contributed by atoms with Crippen molar-refractivity contribution in [1.29, 1.82) is 0 Å². The number of methoxy groups -OCH3 is 1. The Morgan fingerprint density at radius 2 is 2.03 bits per heavy atom. The maximum atomic E-state index is 12.1. The van der Waals surface area contributed by atoms with Crippen molar-refractivity contribution in [1.82, 2.24) is 0 Å². The number of epoxide rings is 1. The number of rotatable bonds is 5. The van der Waals surface area contributed by atoms with E-state index in [0.717, 1.165) is 55.3 Å². The van der Waals surface area contributed by atoms with E-state index >= 15 is 0 Å². The van der Waals surface area contributed by atoms with E-state index in [1.807, 2.05) is 0 Å². The van der Waals surface area contributed by atoms with Crippen molar-refractivity contribution >= 4 is 5.78 Å². The molecule has 0 spiro atoms. The number of hydrogen-bond donors (Lipinski definition) is 0. The quantitative estimate of drug-likeness (QED) is 0.424. The summed E-state index contributed by atoms with van der Waals surface area (Å²) >= 11 is 0. The van der Waals surface area contributed by atoms with Crippen LogP contribution < -0.4 is 0 Å². The van der Waals surface area contributed by atoms with Crippen LogP contribution in [0.2, 0.25) is 0 Å². The largest absolute Gasteiger partial charge is 0.353 e. The molecule has 0 aromatic heterocycles. The second-order valence-electron chi connectivity index (χ2n) is 11.5. The molecule has 0 aromatic rings. The molecule has 5 rings (SSSR count). The van der Waals surface area contributed by atoms with Crippen LogP contribution >= 0.6 is 0 Å². The molecular weight excluding hydrogens is 360 g/mol. The molecular formula is C26H40O3. The van der Waals surface area contributed by atoms with Crippen molar-refractivity contribution in [3.05, 3.63) is 11.6 Å². The minimum Gasteiger partial charge on any atom is -0.353 e. The average molecular weight is 401 g/mol. The van der Waals surface area contributed by atoms with Gasteiger partial charge in [0.2, 0.25) is 0 Å². The fourth-order valence-corrected chi connectivity index (χ4v) is 8.62. The highest BCUT2D eigenvalue weighted by molar-refractivity contribution is 5.82.